The van der Waals surface area contributed by atoms with Crippen LogP contribution < -0.4 is 20.9 Å². The molecule has 0 unspecified atom stereocenters. The molecule has 0 atom stereocenters. The molecule has 3 aromatic rings. The largest absolute Gasteiger partial charge is 0.492 e. The molecular weight excluding hydrogens is 423 g/mol. The summed E-state index contributed by atoms with van der Waals surface area (Å²) in [6, 6.07) is 6.31. The van der Waals surface area contributed by atoms with Crippen LogP contribution in [-0.4, -0.2) is 28.0 Å². The average Bonchev–Trinajstić information content (AvgIpc) is 3.02. The summed E-state index contributed by atoms with van der Waals surface area (Å²) in [6.45, 7) is 5.49. The summed E-state index contributed by atoms with van der Waals surface area (Å²) in [7, 11) is 0. The van der Waals surface area contributed by atoms with Gasteiger partial charge >= 0.3 is 0 Å². The molecule has 3 rings (SSSR count). The van der Waals surface area contributed by atoms with Crippen LogP contribution in [0.25, 0.3) is 0 Å². The lowest BCUT2D eigenvalue weighted by atomic mass is 10.2. The number of benzene rings is 1. The molecular formula is C21H21FN4O4S. The standard InChI is InChI=1S/C21H21FN4O4S/c1-4-30-17-9-15(22)6-7-16(17)24-20(29)14-5-8-19(28)26(10-14)11-18(27)25-21-23-12(2)13(3)31-21/h5-10H,4,11H2,1-3H3,(H,24,29)(H,23,25,27). The van der Waals surface area contributed by atoms with Crippen molar-refractivity contribution in [3.8, 4) is 5.75 Å². The Hall–Kier alpha value is -3.53. The van der Waals surface area contributed by atoms with Gasteiger partial charge in [0, 0.05) is 23.2 Å². The first-order valence-electron chi connectivity index (χ1n) is 9.45. The highest BCUT2D eigenvalue weighted by Gasteiger charge is 2.14. The molecule has 0 fully saturated rings. The van der Waals surface area contributed by atoms with Crippen LogP contribution in [0.3, 0.4) is 0 Å². The number of halogens is 1. The number of carbonyl (C=O) groups is 2. The van der Waals surface area contributed by atoms with Crippen LogP contribution in [-0.2, 0) is 11.3 Å². The summed E-state index contributed by atoms with van der Waals surface area (Å²) in [6.07, 6.45) is 1.29. The fraction of sp³-hybridized carbons (Fsp3) is 0.238. The molecule has 162 valence electrons. The molecule has 0 saturated carbocycles. The summed E-state index contributed by atoms with van der Waals surface area (Å²) in [4.78, 5) is 42.3. The maximum Gasteiger partial charge on any atom is 0.257 e. The Kier molecular flexibility index (Phi) is 6.81. The van der Waals surface area contributed by atoms with E-state index in [2.05, 4.69) is 15.6 Å². The van der Waals surface area contributed by atoms with Gasteiger partial charge in [-0.3, -0.25) is 14.4 Å². The van der Waals surface area contributed by atoms with Crippen molar-refractivity contribution in [1.82, 2.24) is 9.55 Å². The first-order valence-corrected chi connectivity index (χ1v) is 10.3. The third-order valence-electron chi connectivity index (χ3n) is 4.33. The number of aromatic nitrogens is 2. The van der Waals surface area contributed by atoms with E-state index in [0.29, 0.717) is 17.4 Å². The quantitative estimate of drug-likeness (QED) is 0.582. The lowest BCUT2D eigenvalue weighted by molar-refractivity contribution is -0.116. The Balaban J connectivity index is 1.75. The van der Waals surface area contributed by atoms with Crippen molar-refractivity contribution in [1.29, 1.82) is 0 Å². The number of amides is 2. The molecule has 0 bridgehead atoms. The van der Waals surface area contributed by atoms with E-state index in [1.807, 2.05) is 13.8 Å². The lowest BCUT2D eigenvalue weighted by Crippen LogP contribution is -2.28. The highest BCUT2D eigenvalue weighted by Crippen LogP contribution is 2.26. The topological polar surface area (TPSA) is 102 Å². The lowest BCUT2D eigenvalue weighted by Gasteiger charge is -2.12. The average molecular weight is 444 g/mol. The summed E-state index contributed by atoms with van der Waals surface area (Å²) < 4.78 is 19.9. The van der Waals surface area contributed by atoms with E-state index in [4.69, 9.17) is 4.74 Å². The van der Waals surface area contributed by atoms with Crippen LogP contribution in [0.1, 0.15) is 27.9 Å². The van der Waals surface area contributed by atoms with E-state index in [9.17, 15) is 18.8 Å². The summed E-state index contributed by atoms with van der Waals surface area (Å²) in [5, 5.41) is 5.73. The van der Waals surface area contributed by atoms with Crippen molar-refractivity contribution in [2.24, 2.45) is 0 Å². The van der Waals surface area contributed by atoms with Crippen molar-refractivity contribution in [2.45, 2.75) is 27.3 Å². The maximum absolute atomic E-state index is 13.5. The number of anilines is 2. The maximum atomic E-state index is 13.5. The zero-order valence-corrected chi connectivity index (χ0v) is 18.0. The first kappa shape index (κ1) is 22.2. The van der Waals surface area contributed by atoms with E-state index in [1.165, 1.54) is 47.9 Å². The molecule has 10 heteroatoms. The number of carbonyl (C=O) groups excluding carboxylic acids is 2. The van der Waals surface area contributed by atoms with Gasteiger partial charge in [-0.15, -0.1) is 11.3 Å². The number of nitrogens with zero attached hydrogens (tertiary/aromatic N) is 2. The Labute approximate surface area is 181 Å². The van der Waals surface area contributed by atoms with E-state index >= 15 is 0 Å². The smallest absolute Gasteiger partial charge is 0.257 e. The van der Waals surface area contributed by atoms with Gasteiger partial charge in [-0.05, 0) is 39.0 Å². The Morgan fingerprint density at radius 1 is 1.19 bits per heavy atom. The normalized spacial score (nSPS) is 10.6. The van der Waals surface area contributed by atoms with Gasteiger partial charge in [-0.2, -0.15) is 0 Å². The minimum atomic E-state index is -0.534. The van der Waals surface area contributed by atoms with E-state index in [1.54, 1.807) is 6.92 Å². The second-order valence-corrected chi connectivity index (χ2v) is 7.82. The van der Waals surface area contributed by atoms with Crippen LogP contribution in [0.2, 0.25) is 0 Å². The first-order chi connectivity index (χ1) is 14.8. The highest BCUT2D eigenvalue weighted by atomic mass is 32.1. The number of hydrogen-bond acceptors (Lipinski definition) is 6. The number of rotatable bonds is 7. The number of hydrogen-bond donors (Lipinski definition) is 2. The van der Waals surface area contributed by atoms with Gasteiger partial charge in [0.25, 0.3) is 11.5 Å². The monoisotopic (exact) mass is 444 g/mol. The van der Waals surface area contributed by atoms with Crippen LogP contribution in [0.5, 0.6) is 5.75 Å². The molecule has 0 radical (unpaired) electrons. The highest BCUT2D eigenvalue weighted by molar-refractivity contribution is 7.15. The Morgan fingerprint density at radius 2 is 1.97 bits per heavy atom. The summed E-state index contributed by atoms with van der Waals surface area (Å²) in [5.74, 6) is -1.28. The van der Waals surface area contributed by atoms with Crippen molar-refractivity contribution >= 4 is 34.0 Å². The van der Waals surface area contributed by atoms with Crippen molar-refractivity contribution in [3.63, 3.8) is 0 Å². The van der Waals surface area contributed by atoms with Crippen molar-refractivity contribution in [2.75, 3.05) is 17.2 Å². The molecule has 0 aliphatic carbocycles. The molecule has 0 aliphatic rings. The zero-order valence-electron chi connectivity index (χ0n) is 17.2. The third kappa shape index (κ3) is 5.54. The fourth-order valence-corrected chi connectivity index (χ4v) is 3.53. The van der Waals surface area contributed by atoms with Crippen LogP contribution in [0.15, 0.2) is 41.3 Å². The second-order valence-electron chi connectivity index (χ2n) is 6.62. The predicted octanol–water partition coefficient (Wildman–Crippen LogP) is 3.35. The van der Waals surface area contributed by atoms with Gasteiger partial charge < -0.3 is 19.9 Å². The van der Waals surface area contributed by atoms with Gasteiger partial charge in [0.2, 0.25) is 5.91 Å². The van der Waals surface area contributed by atoms with Crippen molar-refractivity contribution < 1.29 is 18.7 Å². The van der Waals surface area contributed by atoms with Crippen LogP contribution in [0, 0.1) is 19.7 Å². The minimum absolute atomic E-state index is 0.153. The van der Waals surface area contributed by atoms with E-state index in [-0.39, 0.29) is 17.9 Å². The molecule has 2 aromatic heterocycles. The third-order valence-corrected chi connectivity index (χ3v) is 5.31. The van der Waals surface area contributed by atoms with E-state index in [0.717, 1.165) is 15.1 Å². The molecule has 0 spiro atoms. The van der Waals surface area contributed by atoms with Gasteiger partial charge in [-0.1, -0.05) is 0 Å². The van der Waals surface area contributed by atoms with Gasteiger partial charge in [0.15, 0.2) is 5.13 Å². The van der Waals surface area contributed by atoms with Crippen molar-refractivity contribution in [3.05, 3.63) is 68.8 Å². The zero-order chi connectivity index (χ0) is 22.5. The number of nitrogens with one attached hydrogen (secondary N) is 2. The number of ether oxygens (including phenoxy) is 1. The van der Waals surface area contributed by atoms with Gasteiger partial charge in [0.05, 0.1) is 23.6 Å². The molecule has 0 saturated heterocycles. The summed E-state index contributed by atoms with van der Waals surface area (Å²) in [5.41, 5.74) is 0.830. The van der Waals surface area contributed by atoms with Crippen LogP contribution >= 0.6 is 11.3 Å². The molecule has 2 N–H and O–H groups in total. The molecule has 8 nitrogen and oxygen atoms in total. The van der Waals surface area contributed by atoms with Crippen LogP contribution in [0.4, 0.5) is 15.2 Å². The Morgan fingerprint density at radius 3 is 2.65 bits per heavy atom. The molecule has 0 aliphatic heterocycles. The van der Waals surface area contributed by atoms with Gasteiger partial charge in [-0.25, -0.2) is 9.37 Å². The Bertz CT molecular complexity index is 1170. The SMILES string of the molecule is CCOc1cc(F)ccc1NC(=O)c1ccc(=O)n(CC(=O)Nc2nc(C)c(C)s2)c1. The molecule has 2 amide bonds. The second kappa shape index (κ2) is 9.52. The van der Waals surface area contributed by atoms with E-state index < -0.39 is 23.2 Å². The molecule has 31 heavy (non-hydrogen) atoms. The van der Waals surface area contributed by atoms with Gasteiger partial charge in [0.1, 0.15) is 18.1 Å². The molecule has 1 aromatic carbocycles. The number of aryl methyl sites for hydroxylation is 2. The predicted molar refractivity (Wildman–Crippen MR) is 116 cm³/mol. The number of pyridine rings is 1. The fourth-order valence-electron chi connectivity index (χ4n) is 2.70. The molecule has 2 heterocycles. The minimum Gasteiger partial charge on any atom is -0.492 e. The summed E-state index contributed by atoms with van der Waals surface area (Å²) >= 11 is 1.34. The number of thiazole rings is 1.